The Morgan fingerprint density at radius 2 is 1.94 bits per heavy atom. The van der Waals surface area contributed by atoms with Crippen LogP contribution >= 0.6 is 0 Å². The highest BCUT2D eigenvalue weighted by atomic mass is 19.1. The molecule has 32 heavy (non-hydrogen) atoms. The summed E-state index contributed by atoms with van der Waals surface area (Å²) >= 11 is 0. The summed E-state index contributed by atoms with van der Waals surface area (Å²) in [7, 11) is 0. The molecule has 1 spiro atoms. The average Bonchev–Trinajstić information content (AvgIpc) is 3.34. The number of aliphatic hydroxyl groups excluding tert-OH is 1. The Bertz CT molecular complexity index is 973. The fourth-order valence-electron chi connectivity index (χ4n) is 9.02. The van der Waals surface area contributed by atoms with Gasteiger partial charge in [0.15, 0.2) is 5.78 Å². The van der Waals surface area contributed by atoms with Crippen LogP contribution in [0.25, 0.3) is 6.08 Å². The maximum absolute atomic E-state index is 14.0. The van der Waals surface area contributed by atoms with Crippen LogP contribution in [-0.4, -0.2) is 28.7 Å². The van der Waals surface area contributed by atoms with Crippen LogP contribution in [0.3, 0.4) is 0 Å². The van der Waals surface area contributed by atoms with Crippen molar-refractivity contribution in [1.82, 2.24) is 0 Å². The number of aliphatic hydroxyl groups is 1. The van der Waals surface area contributed by atoms with Gasteiger partial charge in [-0.25, -0.2) is 4.39 Å². The van der Waals surface area contributed by atoms with Crippen molar-refractivity contribution in [2.45, 2.75) is 83.0 Å². The highest BCUT2D eigenvalue weighted by molar-refractivity contribution is 5.96. The van der Waals surface area contributed by atoms with Gasteiger partial charge in [-0.3, -0.25) is 4.79 Å². The molecule has 1 aliphatic heterocycles. The summed E-state index contributed by atoms with van der Waals surface area (Å²) in [6.07, 6.45) is 11.5. The van der Waals surface area contributed by atoms with Gasteiger partial charge in [-0.05, 0) is 86.3 Å². The first-order valence-corrected chi connectivity index (χ1v) is 12.6. The van der Waals surface area contributed by atoms with Crippen LogP contribution in [0, 0.1) is 40.3 Å². The summed E-state index contributed by atoms with van der Waals surface area (Å²) in [5.41, 5.74) is 0.576. The third-order valence-corrected chi connectivity index (χ3v) is 10.7. The molecule has 1 saturated heterocycles. The summed E-state index contributed by atoms with van der Waals surface area (Å²) in [5.74, 6) is 1.72. The van der Waals surface area contributed by atoms with Crippen LogP contribution in [0.2, 0.25) is 0 Å². The highest BCUT2D eigenvalue weighted by Crippen LogP contribution is 2.73. The van der Waals surface area contributed by atoms with Crippen molar-refractivity contribution < 1.29 is 19.0 Å². The van der Waals surface area contributed by atoms with Gasteiger partial charge in [0.1, 0.15) is 11.4 Å². The van der Waals surface area contributed by atoms with Crippen LogP contribution < -0.4 is 0 Å². The Morgan fingerprint density at radius 1 is 1.12 bits per heavy atom. The second-order valence-electron chi connectivity index (χ2n) is 11.9. The number of rotatable bonds is 3. The Labute approximate surface area is 190 Å². The van der Waals surface area contributed by atoms with E-state index in [9.17, 15) is 14.3 Å². The second kappa shape index (κ2) is 6.99. The van der Waals surface area contributed by atoms with E-state index < -0.39 is 0 Å². The van der Waals surface area contributed by atoms with Gasteiger partial charge in [-0.2, -0.15) is 0 Å². The van der Waals surface area contributed by atoms with Gasteiger partial charge in [0.2, 0.25) is 0 Å². The van der Waals surface area contributed by atoms with E-state index in [2.05, 4.69) is 13.8 Å². The Kier molecular flexibility index (Phi) is 4.60. The second-order valence-corrected chi connectivity index (χ2v) is 11.9. The number of carbonyl (C=O) groups is 1. The molecule has 3 nitrogen and oxygen atoms in total. The Morgan fingerprint density at radius 3 is 2.75 bits per heavy atom. The minimum atomic E-state index is -0.284. The van der Waals surface area contributed by atoms with Crippen LogP contribution in [0.4, 0.5) is 4.39 Å². The molecule has 1 aromatic rings. The van der Waals surface area contributed by atoms with Crippen LogP contribution in [-0.2, 0) is 9.53 Å². The number of ether oxygens (including phenoxy) is 1. The molecule has 5 fully saturated rings. The zero-order valence-electron chi connectivity index (χ0n) is 19.2. The molecule has 0 amide bonds. The highest BCUT2D eigenvalue weighted by Gasteiger charge is 2.76. The molecule has 0 unspecified atom stereocenters. The predicted octanol–water partition coefficient (Wildman–Crippen LogP) is 5.56. The molecule has 0 bridgehead atoms. The smallest absolute Gasteiger partial charge is 0.159 e. The minimum absolute atomic E-state index is 0.0251. The van der Waals surface area contributed by atoms with Gasteiger partial charge in [-0.15, -0.1) is 0 Å². The summed E-state index contributed by atoms with van der Waals surface area (Å²) in [4.78, 5) is 13.3. The number of epoxide rings is 1. The van der Waals surface area contributed by atoms with E-state index in [0.717, 1.165) is 51.4 Å². The van der Waals surface area contributed by atoms with Crippen molar-refractivity contribution in [3.63, 3.8) is 0 Å². The molecule has 0 aromatic heterocycles. The lowest BCUT2D eigenvalue weighted by Gasteiger charge is -2.59. The molecule has 4 saturated carbocycles. The molecule has 9 atom stereocenters. The minimum Gasteiger partial charge on any atom is -0.393 e. The third kappa shape index (κ3) is 2.75. The molecule has 172 valence electrons. The number of fused-ring (bicyclic) bond motifs is 4. The summed E-state index contributed by atoms with van der Waals surface area (Å²) in [5, 5.41) is 10.3. The summed E-state index contributed by atoms with van der Waals surface area (Å²) in [6, 6.07) is 6.63. The first-order valence-electron chi connectivity index (χ1n) is 12.6. The molecule has 4 heteroatoms. The fraction of sp³-hybridized carbons (Fsp3) is 0.679. The Balaban J connectivity index is 1.24. The van der Waals surface area contributed by atoms with Crippen molar-refractivity contribution in [2.24, 2.45) is 34.5 Å². The van der Waals surface area contributed by atoms with Gasteiger partial charge in [0.25, 0.3) is 0 Å². The number of benzene rings is 1. The molecule has 6 rings (SSSR count). The van der Waals surface area contributed by atoms with Crippen molar-refractivity contribution in [1.29, 1.82) is 0 Å². The van der Waals surface area contributed by atoms with Crippen LogP contribution in [0.15, 0.2) is 30.3 Å². The lowest BCUT2D eigenvalue weighted by Crippen LogP contribution is -2.58. The maximum Gasteiger partial charge on any atom is 0.159 e. The largest absolute Gasteiger partial charge is 0.393 e. The van der Waals surface area contributed by atoms with Gasteiger partial charge in [0.05, 0.1) is 12.2 Å². The summed E-state index contributed by atoms with van der Waals surface area (Å²) in [6.45, 7) is 4.79. The van der Waals surface area contributed by atoms with E-state index in [1.54, 1.807) is 30.4 Å². The van der Waals surface area contributed by atoms with E-state index in [4.69, 9.17) is 4.74 Å². The number of allylic oxidation sites excluding steroid dienone is 1. The van der Waals surface area contributed by atoms with Crippen molar-refractivity contribution in [3.8, 4) is 0 Å². The first-order chi connectivity index (χ1) is 15.3. The normalized spacial score (nSPS) is 49.1. The SMILES string of the molecule is C[C@]12CC[C@H]3[C@@H](C[C@@H]4O[C@@]45C[C@@H](O)CC[C@]35C)[C@@H]1CC[C@@H]2C(=O)/C=C/c1ccccc1F. The lowest BCUT2D eigenvalue weighted by atomic mass is 9.44. The molecule has 1 heterocycles. The summed E-state index contributed by atoms with van der Waals surface area (Å²) < 4.78 is 20.4. The van der Waals surface area contributed by atoms with E-state index in [1.165, 1.54) is 6.07 Å². The molecular weight excluding hydrogens is 403 g/mol. The zero-order valence-corrected chi connectivity index (χ0v) is 19.2. The molecule has 1 aromatic carbocycles. The van der Waals surface area contributed by atoms with Crippen molar-refractivity contribution >= 4 is 11.9 Å². The van der Waals surface area contributed by atoms with Crippen molar-refractivity contribution in [3.05, 3.63) is 41.7 Å². The standard InChI is InChI=1S/C28H35FO3/c1-26-13-12-21-19(15-25-28(32-25)16-18(30)11-14-27(21,28)2)20(26)8-9-22(26)24(31)10-7-17-5-3-4-6-23(17)29/h3-7,10,18-22,25,30H,8-9,11-16H2,1-2H3/b10-7+/t18-,19-,20-,21-,22+,25-,26-,27+,28-/m0/s1. The topological polar surface area (TPSA) is 49.8 Å². The molecule has 4 aliphatic carbocycles. The van der Waals surface area contributed by atoms with Crippen molar-refractivity contribution in [2.75, 3.05) is 0 Å². The fourth-order valence-corrected chi connectivity index (χ4v) is 9.02. The first kappa shape index (κ1) is 21.0. The van der Waals surface area contributed by atoms with Gasteiger partial charge < -0.3 is 9.84 Å². The van der Waals surface area contributed by atoms with Gasteiger partial charge in [-0.1, -0.05) is 32.0 Å². The lowest BCUT2D eigenvalue weighted by molar-refractivity contribution is -0.131. The number of halogens is 1. The number of hydrogen-bond acceptors (Lipinski definition) is 3. The number of ketones is 1. The van der Waals surface area contributed by atoms with Gasteiger partial charge in [0, 0.05) is 23.3 Å². The number of hydrogen-bond donors (Lipinski definition) is 1. The zero-order chi connectivity index (χ0) is 22.3. The Hall–Kier alpha value is -1.52. The van der Waals surface area contributed by atoms with E-state index in [-0.39, 0.29) is 40.1 Å². The molecule has 1 N–H and O–H groups in total. The van der Waals surface area contributed by atoms with E-state index in [0.29, 0.717) is 29.4 Å². The molecule has 0 radical (unpaired) electrons. The average molecular weight is 439 g/mol. The quantitative estimate of drug-likeness (QED) is 0.497. The monoisotopic (exact) mass is 438 g/mol. The number of carbonyl (C=O) groups excluding carboxylic acids is 1. The van der Waals surface area contributed by atoms with Gasteiger partial charge >= 0.3 is 0 Å². The molecular formula is C28H35FO3. The van der Waals surface area contributed by atoms with E-state index >= 15 is 0 Å². The van der Waals surface area contributed by atoms with Crippen LogP contribution in [0.5, 0.6) is 0 Å². The van der Waals surface area contributed by atoms with E-state index in [1.807, 2.05) is 0 Å². The predicted molar refractivity (Wildman–Crippen MR) is 121 cm³/mol. The maximum atomic E-state index is 14.0. The third-order valence-electron chi connectivity index (χ3n) is 10.7. The molecule has 5 aliphatic rings. The van der Waals surface area contributed by atoms with Crippen LogP contribution in [0.1, 0.15) is 70.8 Å².